The number of thioether (sulfide) groups is 1. The number of ether oxygens (including phenoxy) is 1. The average Bonchev–Trinajstić information content (AvgIpc) is 3.05. The van der Waals surface area contributed by atoms with Crippen molar-refractivity contribution in [2.75, 3.05) is 19.5 Å². The maximum atomic E-state index is 9.10. The summed E-state index contributed by atoms with van der Waals surface area (Å²) in [6.45, 7) is 0.129. The standard InChI is InChI=1S/C18H18N2O2S/c1-22-16-9-7-14(8-10-16)17-13-20(15-5-3-2-4-6-15)18(19-17)23-12-11-21/h2-10,13,21H,11-12H2,1H3. The van der Waals surface area contributed by atoms with E-state index in [1.54, 1.807) is 18.9 Å². The van der Waals surface area contributed by atoms with Crippen molar-refractivity contribution in [1.29, 1.82) is 0 Å². The first-order valence-electron chi connectivity index (χ1n) is 7.34. The van der Waals surface area contributed by atoms with Crippen LogP contribution in [-0.2, 0) is 0 Å². The molecule has 3 rings (SSSR count). The topological polar surface area (TPSA) is 47.3 Å². The molecule has 0 saturated heterocycles. The third-order valence-electron chi connectivity index (χ3n) is 3.42. The lowest BCUT2D eigenvalue weighted by Gasteiger charge is -2.05. The van der Waals surface area contributed by atoms with E-state index in [2.05, 4.69) is 4.57 Å². The van der Waals surface area contributed by atoms with E-state index < -0.39 is 0 Å². The van der Waals surface area contributed by atoms with Crippen molar-refractivity contribution in [1.82, 2.24) is 9.55 Å². The summed E-state index contributed by atoms with van der Waals surface area (Å²) in [4.78, 5) is 4.72. The first-order chi connectivity index (χ1) is 11.3. The number of aliphatic hydroxyl groups is 1. The third-order valence-corrected chi connectivity index (χ3v) is 4.35. The van der Waals surface area contributed by atoms with Crippen molar-refractivity contribution < 1.29 is 9.84 Å². The van der Waals surface area contributed by atoms with Crippen LogP contribution in [0.25, 0.3) is 16.9 Å². The fraction of sp³-hybridized carbons (Fsp3) is 0.167. The first kappa shape index (κ1) is 15.6. The van der Waals surface area contributed by atoms with Crippen molar-refractivity contribution >= 4 is 11.8 Å². The second-order valence-corrected chi connectivity index (χ2v) is 5.98. The first-order valence-corrected chi connectivity index (χ1v) is 8.33. The van der Waals surface area contributed by atoms with E-state index in [9.17, 15) is 0 Å². The Bertz CT molecular complexity index is 754. The third kappa shape index (κ3) is 3.57. The smallest absolute Gasteiger partial charge is 0.173 e. The normalized spacial score (nSPS) is 10.7. The molecule has 23 heavy (non-hydrogen) atoms. The Morgan fingerprint density at radius 3 is 2.48 bits per heavy atom. The van der Waals surface area contributed by atoms with Crippen LogP contribution in [0.4, 0.5) is 0 Å². The van der Waals surface area contributed by atoms with Crippen LogP contribution in [0.3, 0.4) is 0 Å². The van der Waals surface area contributed by atoms with Gasteiger partial charge in [0.2, 0.25) is 0 Å². The van der Waals surface area contributed by atoms with Crippen LogP contribution in [0.2, 0.25) is 0 Å². The molecule has 0 aliphatic heterocycles. The molecule has 0 radical (unpaired) electrons. The summed E-state index contributed by atoms with van der Waals surface area (Å²) in [5, 5.41) is 9.97. The van der Waals surface area contributed by atoms with Crippen molar-refractivity contribution in [3.05, 3.63) is 60.8 Å². The van der Waals surface area contributed by atoms with Crippen molar-refractivity contribution in [3.63, 3.8) is 0 Å². The van der Waals surface area contributed by atoms with Crippen LogP contribution in [0.15, 0.2) is 66.0 Å². The number of hydrogen-bond donors (Lipinski definition) is 1. The van der Waals surface area contributed by atoms with Crippen LogP contribution in [0, 0.1) is 0 Å². The highest BCUT2D eigenvalue weighted by molar-refractivity contribution is 7.99. The highest BCUT2D eigenvalue weighted by Gasteiger charge is 2.11. The van der Waals surface area contributed by atoms with E-state index in [4.69, 9.17) is 14.8 Å². The molecule has 1 aromatic heterocycles. The Labute approximate surface area is 139 Å². The molecule has 0 aliphatic carbocycles. The lowest BCUT2D eigenvalue weighted by atomic mass is 10.1. The molecule has 0 aliphatic rings. The van der Waals surface area contributed by atoms with Crippen LogP contribution in [-0.4, -0.2) is 34.1 Å². The average molecular weight is 326 g/mol. The van der Waals surface area contributed by atoms with E-state index in [-0.39, 0.29) is 6.61 Å². The fourth-order valence-electron chi connectivity index (χ4n) is 2.28. The van der Waals surface area contributed by atoms with Crippen molar-refractivity contribution in [2.45, 2.75) is 5.16 Å². The van der Waals surface area contributed by atoms with Crippen molar-refractivity contribution in [2.24, 2.45) is 0 Å². The van der Waals surface area contributed by atoms with E-state index in [0.717, 1.165) is 27.9 Å². The number of methoxy groups -OCH3 is 1. The second-order valence-electron chi connectivity index (χ2n) is 4.91. The molecule has 1 heterocycles. The lowest BCUT2D eigenvalue weighted by molar-refractivity contribution is 0.322. The van der Waals surface area contributed by atoms with E-state index in [1.807, 2.05) is 60.8 Å². The Morgan fingerprint density at radius 1 is 1.09 bits per heavy atom. The number of para-hydroxylation sites is 1. The summed E-state index contributed by atoms with van der Waals surface area (Å²) in [6.07, 6.45) is 2.02. The van der Waals surface area contributed by atoms with Gasteiger partial charge in [0.15, 0.2) is 5.16 Å². The Morgan fingerprint density at radius 2 is 1.83 bits per heavy atom. The van der Waals surface area contributed by atoms with Gasteiger partial charge in [-0.3, -0.25) is 4.57 Å². The van der Waals surface area contributed by atoms with Gasteiger partial charge in [-0.2, -0.15) is 0 Å². The zero-order valence-corrected chi connectivity index (χ0v) is 13.7. The molecule has 0 spiro atoms. The molecular formula is C18H18N2O2S. The number of rotatable bonds is 6. The Balaban J connectivity index is 1.99. The summed E-state index contributed by atoms with van der Waals surface area (Å²) in [6, 6.07) is 17.9. The number of hydrogen-bond acceptors (Lipinski definition) is 4. The number of aliphatic hydroxyl groups excluding tert-OH is 1. The van der Waals surface area contributed by atoms with Gasteiger partial charge in [-0.05, 0) is 36.4 Å². The van der Waals surface area contributed by atoms with E-state index in [1.165, 1.54) is 0 Å². The van der Waals surface area contributed by atoms with Crippen LogP contribution in [0.1, 0.15) is 0 Å². The van der Waals surface area contributed by atoms with Crippen molar-refractivity contribution in [3.8, 4) is 22.7 Å². The second kappa shape index (κ2) is 7.35. The predicted molar refractivity (Wildman–Crippen MR) is 93.4 cm³/mol. The Hall–Kier alpha value is -2.24. The van der Waals surface area contributed by atoms with Gasteiger partial charge < -0.3 is 9.84 Å². The van der Waals surface area contributed by atoms with Crippen LogP contribution >= 0.6 is 11.8 Å². The predicted octanol–water partition coefficient (Wildman–Crippen LogP) is 3.63. The van der Waals surface area contributed by atoms with Gasteiger partial charge in [-0.15, -0.1) is 0 Å². The molecular weight excluding hydrogens is 308 g/mol. The largest absolute Gasteiger partial charge is 0.497 e. The number of aromatic nitrogens is 2. The molecule has 0 bridgehead atoms. The molecule has 0 amide bonds. The Kier molecular flexibility index (Phi) is 5.00. The molecule has 0 fully saturated rings. The van der Waals surface area contributed by atoms with E-state index >= 15 is 0 Å². The minimum Gasteiger partial charge on any atom is -0.497 e. The van der Waals surface area contributed by atoms with Gasteiger partial charge >= 0.3 is 0 Å². The highest BCUT2D eigenvalue weighted by Crippen LogP contribution is 2.28. The monoisotopic (exact) mass is 326 g/mol. The quantitative estimate of drug-likeness (QED) is 0.703. The lowest BCUT2D eigenvalue weighted by Crippen LogP contribution is -1.96. The molecule has 118 valence electrons. The number of imidazole rings is 1. The van der Waals surface area contributed by atoms with Gasteiger partial charge in [-0.25, -0.2) is 4.98 Å². The molecule has 0 atom stereocenters. The minimum absolute atomic E-state index is 0.129. The number of nitrogens with zero attached hydrogens (tertiary/aromatic N) is 2. The maximum absolute atomic E-state index is 9.10. The van der Waals surface area contributed by atoms with Gasteiger partial charge in [0.1, 0.15) is 5.75 Å². The fourth-order valence-corrected chi connectivity index (χ4v) is 3.01. The molecule has 3 aromatic rings. The molecule has 1 N–H and O–H groups in total. The van der Waals surface area contributed by atoms with Gasteiger partial charge in [-0.1, -0.05) is 30.0 Å². The highest BCUT2D eigenvalue weighted by atomic mass is 32.2. The zero-order chi connectivity index (χ0) is 16.1. The molecule has 5 heteroatoms. The summed E-state index contributed by atoms with van der Waals surface area (Å²) in [5.74, 6) is 1.44. The summed E-state index contributed by atoms with van der Waals surface area (Å²) < 4.78 is 7.25. The van der Waals surface area contributed by atoms with Gasteiger partial charge in [0.05, 0.1) is 19.4 Å². The minimum atomic E-state index is 0.129. The number of benzene rings is 2. The molecule has 0 unspecified atom stereocenters. The van der Waals surface area contributed by atoms with Crippen LogP contribution < -0.4 is 4.74 Å². The SMILES string of the molecule is COc1ccc(-c2cn(-c3ccccc3)c(SCCO)n2)cc1. The molecule has 2 aromatic carbocycles. The molecule has 0 saturated carbocycles. The van der Waals surface area contributed by atoms with E-state index in [0.29, 0.717) is 5.75 Å². The summed E-state index contributed by atoms with van der Waals surface area (Å²) >= 11 is 1.54. The zero-order valence-electron chi connectivity index (χ0n) is 12.8. The van der Waals surface area contributed by atoms with Crippen LogP contribution in [0.5, 0.6) is 5.75 Å². The maximum Gasteiger partial charge on any atom is 0.173 e. The van der Waals surface area contributed by atoms with Gasteiger partial charge in [0.25, 0.3) is 0 Å². The molecule has 4 nitrogen and oxygen atoms in total. The van der Waals surface area contributed by atoms with Gasteiger partial charge in [0, 0.05) is 23.2 Å². The summed E-state index contributed by atoms with van der Waals surface area (Å²) in [7, 11) is 1.66. The summed E-state index contributed by atoms with van der Waals surface area (Å²) in [5.41, 5.74) is 2.99.